The molecule has 0 spiro atoms. The monoisotopic (exact) mass is 539 g/mol. The van der Waals surface area contributed by atoms with E-state index in [2.05, 4.69) is 20.2 Å². The number of aromatic nitrogens is 6. The van der Waals surface area contributed by atoms with Gasteiger partial charge in [-0.2, -0.15) is 4.90 Å². The number of nitrogens with zero attached hydrogens (tertiary/aromatic N) is 7. The highest BCUT2D eigenvalue weighted by atomic mass is 16.6. The fourth-order valence-corrected chi connectivity index (χ4v) is 4.40. The number of rotatable bonds is 2. The van der Waals surface area contributed by atoms with Crippen LogP contribution in [0.3, 0.4) is 0 Å². The van der Waals surface area contributed by atoms with Gasteiger partial charge in [-0.05, 0) is 70.0 Å². The molecule has 0 radical (unpaired) electrons. The maximum atomic E-state index is 14.3. The number of ether oxygens (including phenoxy) is 2. The van der Waals surface area contributed by atoms with Crippen molar-refractivity contribution in [2.24, 2.45) is 0 Å². The van der Waals surface area contributed by atoms with Crippen LogP contribution in [0.4, 0.5) is 10.6 Å². The molecule has 1 saturated carbocycles. The lowest BCUT2D eigenvalue weighted by Crippen LogP contribution is -2.41. The molecule has 11 nitrogen and oxygen atoms in total. The van der Waals surface area contributed by atoms with Gasteiger partial charge in [0.15, 0.2) is 5.82 Å². The van der Waals surface area contributed by atoms with Crippen LogP contribution in [0.5, 0.6) is 5.75 Å². The van der Waals surface area contributed by atoms with Gasteiger partial charge in [-0.25, -0.2) is 14.8 Å². The van der Waals surface area contributed by atoms with E-state index in [-0.39, 0.29) is 18.0 Å². The van der Waals surface area contributed by atoms with Crippen LogP contribution < -0.4 is 9.64 Å². The number of amides is 2. The Morgan fingerprint density at radius 2 is 1.95 bits per heavy atom. The largest absolute Gasteiger partial charge is 0.489 e. The van der Waals surface area contributed by atoms with Gasteiger partial charge in [0.25, 0.3) is 5.91 Å². The third kappa shape index (κ3) is 5.22. The maximum Gasteiger partial charge on any atom is 0.423 e. The zero-order chi connectivity index (χ0) is 27.9. The number of allylic oxidation sites excluding steroid dienone is 1. The fraction of sp³-hybridized carbons (Fsp3) is 0.310. The highest BCUT2D eigenvalue weighted by Crippen LogP contribution is 2.39. The molecule has 2 amide bonds. The van der Waals surface area contributed by atoms with Crippen LogP contribution in [0.1, 0.15) is 55.6 Å². The van der Waals surface area contributed by atoms with Crippen LogP contribution in [0.15, 0.2) is 67.4 Å². The molecule has 1 aromatic carbocycles. The summed E-state index contributed by atoms with van der Waals surface area (Å²) in [7, 11) is 0. The molecule has 0 saturated heterocycles. The van der Waals surface area contributed by atoms with E-state index in [1.54, 1.807) is 63.8 Å². The van der Waals surface area contributed by atoms with Crippen LogP contribution in [0.2, 0.25) is 0 Å². The van der Waals surface area contributed by atoms with E-state index in [9.17, 15) is 9.59 Å². The standard InChI is InChI=1S/C29H29N7O4/c1-29(2,3)40-28(38)36-25-8-6-7-22(32-25)26-33-31-18-34(26)13-4-5-14-39-24-12-11-20(15-21(24)27(36)37)35-16-23(30-17-35)19-9-10-19/h4-8,11-12,15-19H,9-10,13-14H2,1-3H3. The molecule has 4 heterocycles. The number of fused-ring (bicyclic) bond motifs is 5. The number of benzene rings is 1. The van der Waals surface area contributed by atoms with Crippen LogP contribution in [-0.4, -0.2) is 53.5 Å². The van der Waals surface area contributed by atoms with Crippen molar-refractivity contribution in [3.05, 3.63) is 78.7 Å². The maximum absolute atomic E-state index is 14.3. The van der Waals surface area contributed by atoms with E-state index in [0.717, 1.165) is 23.4 Å². The van der Waals surface area contributed by atoms with Gasteiger partial charge < -0.3 is 18.6 Å². The van der Waals surface area contributed by atoms with Gasteiger partial charge in [-0.15, -0.1) is 10.2 Å². The minimum Gasteiger partial charge on any atom is -0.489 e. The Morgan fingerprint density at radius 3 is 2.75 bits per heavy atom. The van der Waals surface area contributed by atoms with Crippen molar-refractivity contribution in [3.63, 3.8) is 0 Å². The topological polar surface area (TPSA) is 117 Å². The number of pyridine rings is 1. The van der Waals surface area contributed by atoms with Gasteiger partial charge in [0, 0.05) is 24.3 Å². The van der Waals surface area contributed by atoms with Gasteiger partial charge in [0.2, 0.25) is 0 Å². The predicted molar refractivity (Wildman–Crippen MR) is 146 cm³/mol. The molecule has 11 heteroatoms. The molecule has 1 aliphatic heterocycles. The summed E-state index contributed by atoms with van der Waals surface area (Å²) in [5.74, 6) is 0.764. The first-order valence-corrected chi connectivity index (χ1v) is 13.2. The number of imidazole rings is 1. The second kappa shape index (κ2) is 10.1. The number of anilines is 1. The summed E-state index contributed by atoms with van der Waals surface area (Å²) < 4.78 is 15.4. The van der Waals surface area contributed by atoms with Crippen molar-refractivity contribution in [2.75, 3.05) is 11.5 Å². The van der Waals surface area contributed by atoms with Crippen molar-refractivity contribution >= 4 is 17.8 Å². The minimum absolute atomic E-state index is 0.0916. The molecule has 2 bridgehead atoms. The minimum atomic E-state index is -0.856. The van der Waals surface area contributed by atoms with Gasteiger partial charge in [0.05, 0.1) is 17.6 Å². The molecule has 2 aliphatic rings. The highest BCUT2D eigenvalue weighted by molar-refractivity contribution is 6.20. The molecule has 0 unspecified atom stereocenters. The molecular weight excluding hydrogens is 510 g/mol. The zero-order valence-electron chi connectivity index (χ0n) is 22.5. The molecule has 204 valence electrons. The third-order valence-electron chi connectivity index (χ3n) is 6.48. The molecule has 40 heavy (non-hydrogen) atoms. The van der Waals surface area contributed by atoms with Crippen molar-refractivity contribution < 1.29 is 19.1 Å². The molecule has 6 rings (SSSR count). The Balaban J connectivity index is 1.48. The Hall–Kier alpha value is -4.80. The van der Waals surface area contributed by atoms with E-state index < -0.39 is 17.6 Å². The average Bonchev–Trinajstić information content (AvgIpc) is 3.45. The van der Waals surface area contributed by atoms with Gasteiger partial charge in [0.1, 0.15) is 35.8 Å². The Bertz CT molecular complexity index is 1610. The second-order valence-electron chi connectivity index (χ2n) is 10.8. The predicted octanol–water partition coefficient (Wildman–Crippen LogP) is 4.93. The van der Waals surface area contributed by atoms with Gasteiger partial charge in [-0.3, -0.25) is 4.79 Å². The first-order chi connectivity index (χ1) is 19.3. The molecule has 4 aromatic rings. The van der Waals surface area contributed by atoms with Gasteiger partial charge in [-0.1, -0.05) is 12.1 Å². The zero-order valence-corrected chi connectivity index (χ0v) is 22.5. The molecule has 1 aliphatic carbocycles. The summed E-state index contributed by atoms with van der Waals surface area (Å²) in [4.78, 5) is 37.9. The SMILES string of the molecule is CC(C)(C)OC(=O)N1C(=O)c2cc(-n3cnc(C4CC4)c3)ccc2OCC=CCn2cnnc2-c2cccc1n2. The number of hydrogen-bond acceptors (Lipinski definition) is 8. The molecule has 0 N–H and O–H groups in total. The van der Waals surface area contributed by atoms with Crippen molar-refractivity contribution in [2.45, 2.75) is 51.7 Å². The first-order valence-electron chi connectivity index (χ1n) is 13.2. The number of carbonyl (C=O) groups is 2. The van der Waals surface area contributed by atoms with Gasteiger partial charge >= 0.3 is 6.09 Å². The van der Waals surface area contributed by atoms with Crippen molar-refractivity contribution in [1.29, 1.82) is 0 Å². The van der Waals surface area contributed by atoms with Crippen molar-refractivity contribution in [3.8, 4) is 23.0 Å². The molecule has 0 atom stereocenters. The number of carbonyl (C=O) groups excluding carboxylic acids is 2. The van der Waals surface area contributed by atoms with E-state index in [0.29, 0.717) is 35.4 Å². The number of imide groups is 1. The Kier molecular flexibility index (Phi) is 6.41. The van der Waals surface area contributed by atoms with Crippen LogP contribution >= 0.6 is 0 Å². The average molecular weight is 540 g/mol. The molecule has 3 aromatic heterocycles. The van der Waals surface area contributed by atoms with E-state index in [1.807, 2.05) is 33.5 Å². The first kappa shape index (κ1) is 25.5. The van der Waals surface area contributed by atoms with E-state index in [1.165, 1.54) is 0 Å². The Morgan fingerprint density at radius 1 is 1.10 bits per heavy atom. The van der Waals surface area contributed by atoms with Crippen LogP contribution in [0.25, 0.3) is 17.2 Å². The van der Waals surface area contributed by atoms with Crippen molar-refractivity contribution in [1.82, 2.24) is 29.3 Å². The summed E-state index contributed by atoms with van der Waals surface area (Å²) in [6.07, 6.45) is 10.5. The quantitative estimate of drug-likeness (QED) is 0.329. The summed E-state index contributed by atoms with van der Waals surface area (Å²) in [6.45, 7) is 5.92. The summed E-state index contributed by atoms with van der Waals surface area (Å²) in [5, 5.41) is 8.22. The second-order valence-corrected chi connectivity index (χ2v) is 10.8. The highest BCUT2D eigenvalue weighted by Gasteiger charge is 2.33. The summed E-state index contributed by atoms with van der Waals surface area (Å²) in [6, 6.07) is 10.3. The Labute approximate surface area is 231 Å². The van der Waals surface area contributed by atoms with E-state index in [4.69, 9.17) is 9.47 Å². The normalized spacial score (nSPS) is 15.6. The third-order valence-corrected chi connectivity index (χ3v) is 6.48. The lowest BCUT2D eigenvalue weighted by Gasteiger charge is -2.26. The fourth-order valence-electron chi connectivity index (χ4n) is 4.40. The summed E-state index contributed by atoms with van der Waals surface area (Å²) >= 11 is 0. The summed E-state index contributed by atoms with van der Waals surface area (Å²) in [5.41, 5.74) is 1.53. The van der Waals surface area contributed by atoms with E-state index >= 15 is 0 Å². The molecular formula is C29H29N7O4. The lowest BCUT2D eigenvalue weighted by atomic mass is 10.1. The molecule has 1 fully saturated rings. The number of hydrogen-bond donors (Lipinski definition) is 0. The van der Waals surface area contributed by atoms with Crippen LogP contribution in [0, 0.1) is 0 Å². The lowest BCUT2D eigenvalue weighted by molar-refractivity contribution is 0.0562. The smallest absolute Gasteiger partial charge is 0.423 e. The van der Waals surface area contributed by atoms with Crippen LogP contribution in [-0.2, 0) is 11.3 Å².